The first-order chi connectivity index (χ1) is 8.59. The van der Waals surface area contributed by atoms with Gasteiger partial charge >= 0.3 is 0 Å². The molecule has 1 aliphatic carbocycles. The summed E-state index contributed by atoms with van der Waals surface area (Å²) < 4.78 is 0. The molecule has 1 fully saturated rings. The van der Waals surface area contributed by atoms with Crippen molar-refractivity contribution in [3.63, 3.8) is 0 Å². The van der Waals surface area contributed by atoms with Crippen molar-refractivity contribution in [2.75, 3.05) is 23.3 Å². The molecule has 1 amide bonds. The molecule has 2 rings (SSSR count). The maximum atomic E-state index is 11.8. The van der Waals surface area contributed by atoms with Gasteiger partial charge < -0.3 is 16.0 Å². The van der Waals surface area contributed by atoms with Crippen molar-refractivity contribution in [2.24, 2.45) is 5.73 Å². The van der Waals surface area contributed by atoms with E-state index in [4.69, 9.17) is 5.73 Å². The van der Waals surface area contributed by atoms with Crippen LogP contribution in [0.25, 0.3) is 0 Å². The van der Waals surface area contributed by atoms with Crippen molar-refractivity contribution in [1.29, 1.82) is 0 Å². The normalized spacial score (nSPS) is 14.6. The number of nitrogens with one attached hydrogen (secondary N) is 1. The fourth-order valence-electron chi connectivity index (χ4n) is 1.81. The van der Waals surface area contributed by atoms with Crippen LogP contribution in [0.1, 0.15) is 26.7 Å². The van der Waals surface area contributed by atoms with Crippen molar-refractivity contribution < 1.29 is 4.79 Å². The third kappa shape index (κ3) is 4.23. The monoisotopic (exact) mass is 320 g/mol. The first-order valence-corrected chi connectivity index (χ1v) is 6.40. The van der Waals surface area contributed by atoms with E-state index in [1.54, 1.807) is 6.20 Å². The number of amides is 1. The molecule has 0 spiro atoms. The van der Waals surface area contributed by atoms with Crippen LogP contribution in [0.15, 0.2) is 18.3 Å². The highest BCUT2D eigenvalue weighted by Crippen LogP contribution is 2.33. The number of carbonyl (C=O) groups is 1. The van der Waals surface area contributed by atoms with Gasteiger partial charge in [0.05, 0.1) is 17.4 Å². The topological polar surface area (TPSA) is 71.2 Å². The van der Waals surface area contributed by atoms with Gasteiger partial charge in [-0.2, -0.15) is 0 Å². The van der Waals surface area contributed by atoms with Crippen LogP contribution in [0.4, 0.5) is 11.5 Å². The fourth-order valence-corrected chi connectivity index (χ4v) is 1.81. The van der Waals surface area contributed by atoms with Crippen molar-refractivity contribution in [2.45, 2.75) is 32.2 Å². The van der Waals surface area contributed by atoms with E-state index in [1.165, 1.54) is 0 Å². The molecule has 1 aromatic heterocycles. The van der Waals surface area contributed by atoms with Crippen LogP contribution in [0.2, 0.25) is 0 Å². The van der Waals surface area contributed by atoms with Gasteiger partial charge in [-0.1, -0.05) is 0 Å². The predicted octanol–water partition coefficient (Wildman–Crippen LogP) is 2.20. The van der Waals surface area contributed by atoms with E-state index in [2.05, 4.69) is 29.0 Å². The maximum absolute atomic E-state index is 11.8. The Morgan fingerprint density at radius 3 is 2.35 bits per heavy atom. The van der Waals surface area contributed by atoms with Gasteiger partial charge in [-0.25, -0.2) is 4.98 Å². The predicted molar refractivity (Wildman–Crippen MR) is 87.1 cm³/mol. The zero-order valence-electron chi connectivity index (χ0n) is 11.8. The Labute approximate surface area is 132 Å². The van der Waals surface area contributed by atoms with Crippen molar-refractivity contribution >= 4 is 42.2 Å². The molecule has 5 nitrogen and oxygen atoms in total. The van der Waals surface area contributed by atoms with Gasteiger partial charge in [0.2, 0.25) is 5.91 Å². The SMILES string of the molecule is CCN(CC)c1ccc(NC(=O)C2(N)CC2)cn1.Cl.Cl. The highest BCUT2D eigenvalue weighted by Gasteiger charge is 2.45. The summed E-state index contributed by atoms with van der Waals surface area (Å²) in [5, 5.41) is 2.80. The minimum Gasteiger partial charge on any atom is -0.357 e. The van der Waals surface area contributed by atoms with Crippen LogP contribution < -0.4 is 16.0 Å². The molecule has 20 heavy (non-hydrogen) atoms. The lowest BCUT2D eigenvalue weighted by Gasteiger charge is -2.19. The van der Waals surface area contributed by atoms with Gasteiger partial charge in [-0.05, 0) is 38.8 Å². The molecule has 0 atom stereocenters. The fraction of sp³-hybridized carbons (Fsp3) is 0.538. The van der Waals surface area contributed by atoms with Gasteiger partial charge in [0.25, 0.3) is 0 Å². The number of nitrogens with two attached hydrogens (primary N) is 1. The largest absolute Gasteiger partial charge is 0.357 e. The Bertz CT molecular complexity index is 431. The molecule has 114 valence electrons. The van der Waals surface area contributed by atoms with Crippen molar-refractivity contribution in [1.82, 2.24) is 4.98 Å². The van der Waals surface area contributed by atoms with E-state index in [0.29, 0.717) is 5.69 Å². The van der Waals surface area contributed by atoms with Crippen LogP contribution >= 0.6 is 24.8 Å². The van der Waals surface area contributed by atoms with Crippen LogP contribution in [-0.4, -0.2) is 29.5 Å². The minimum absolute atomic E-state index is 0. The van der Waals surface area contributed by atoms with Gasteiger partial charge in [0.15, 0.2) is 0 Å². The molecule has 1 heterocycles. The van der Waals surface area contributed by atoms with E-state index in [9.17, 15) is 4.79 Å². The second-order valence-corrected chi connectivity index (χ2v) is 4.69. The number of aromatic nitrogens is 1. The molecule has 1 saturated carbocycles. The van der Waals surface area contributed by atoms with Crippen molar-refractivity contribution in [3.8, 4) is 0 Å². The summed E-state index contributed by atoms with van der Waals surface area (Å²) in [7, 11) is 0. The number of nitrogens with zero attached hydrogens (tertiary/aromatic N) is 2. The second-order valence-electron chi connectivity index (χ2n) is 4.69. The second kappa shape index (κ2) is 7.67. The zero-order valence-corrected chi connectivity index (χ0v) is 13.4. The first-order valence-electron chi connectivity index (χ1n) is 6.40. The molecule has 0 saturated heterocycles. The molecule has 0 unspecified atom stereocenters. The lowest BCUT2D eigenvalue weighted by molar-refractivity contribution is -0.118. The van der Waals surface area contributed by atoms with Gasteiger partial charge in [0, 0.05) is 13.1 Å². The molecule has 0 radical (unpaired) electrons. The Morgan fingerprint density at radius 1 is 1.35 bits per heavy atom. The molecule has 1 aliphatic rings. The van der Waals surface area contributed by atoms with E-state index < -0.39 is 5.54 Å². The average molecular weight is 321 g/mol. The number of rotatable bonds is 5. The van der Waals surface area contributed by atoms with Gasteiger partial charge in [-0.15, -0.1) is 24.8 Å². The molecule has 1 aromatic rings. The van der Waals surface area contributed by atoms with Gasteiger partial charge in [-0.3, -0.25) is 4.79 Å². The standard InChI is InChI=1S/C13H20N4O.2ClH/c1-3-17(4-2)11-6-5-10(9-15-11)16-12(18)13(14)7-8-13;;/h5-6,9H,3-4,7-8,14H2,1-2H3,(H,16,18);2*1H. The quantitative estimate of drug-likeness (QED) is 0.872. The third-order valence-corrected chi connectivity index (χ3v) is 3.33. The number of pyridine rings is 1. The summed E-state index contributed by atoms with van der Waals surface area (Å²) in [6, 6.07) is 3.78. The molecule has 3 N–H and O–H groups in total. The van der Waals surface area contributed by atoms with Crippen LogP contribution in [0.5, 0.6) is 0 Å². The lowest BCUT2D eigenvalue weighted by atomic mass is 10.2. The van der Waals surface area contributed by atoms with Crippen LogP contribution in [-0.2, 0) is 4.79 Å². The highest BCUT2D eigenvalue weighted by molar-refractivity contribution is 5.99. The summed E-state index contributed by atoms with van der Waals surface area (Å²) in [5.41, 5.74) is 5.88. The molecule has 0 aliphatic heterocycles. The molecule has 0 aromatic carbocycles. The minimum atomic E-state index is -0.641. The lowest BCUT2D eigenvalue weighted by Crippen LogP contribution is -2.37. The summed E-state index contributed by atoms with van der Waals surface area (Å²) in [5.74, 6) is 0.812. The number of anilines is 2. The first kappa shape index (κ1) is 19.0. The van der Waals surface area contributed by atoms with E-state index >= 15 is 0 Å². The Kier molecular flexibility index (Phi) is 7.27. The molecule has 0 bridgehead atoms. The summed E-state index contributed by atoms with van der Waals surface area (Å²) >= 11 is 0. The van der Waals surface area contributed by atoms with Crippen LogP contribution in [0, 0.1) is 0 Å². The van der Waals surface area contributed by atoms with E-state index in [0.717, 1.165) is 31.7 Å². The summed E-state index contributed by atoms with van der Waals surface area (Å²) in [6.07, 6.45) is 3.21. The Balaban J connectivity index is 0.00000180. The number of halogens is 2. The smallest absolute Gasteiger partial charge is 0.244 e. The highest BCUT2D eigenvalue weighted by atomic mass is 35.5. The maximum Gasteiger partial charge on any atom is 0.244 e. The van der Waals surface area contributed by atoms with Crippen molar-refractivity contribution in [3.05, 3.63) is 18.3 Å². The molecular formula is C13H22Cl2N4O. The Hall–Kier alpha value is -1.04. The molecular weight excluding hydrogens is 299 g/mol. The zero-order chi connectivity index (χ0) is 13.2. The number of hydrogen-bond donors (Lipinski definition) is 2. The van der Waals surface area contributed by atoms with Gasteiger partial charge in [0.1, 0.15) is 5.82 Å². The van der Waals surface area contributed by atoms with Crippen LogP contribution in [0.3, 0.4) is 0 Å². The Morgan fingerprint density at radius 2 is 1.95 bits per heavy atom. The third-order valence-electron chi connectivity index (χ3n) is 3.33. The number of carbonyl (C=O) groups excluding carboxylic acids is 1. The molecule has 7 heteroatoms. The van der Waals surface area contributed by atoms with E-state index in [1.807, 2.05) is 12.1 Å². The number of hydrogen-bond acceptors (Lipinski definition) is 4. The average Bonchev–Trinajstić information content (AvgIpc) is 3.12. The van der Waals surface area contributed by atoms with E-state index in [-0.39, 0.29) is 30.7 Å². The summed E-state index contributed by atoms with van der Waals surface area (Å²) in [4.78, 5) is 18.2. The summed E-state index contributed by atoms with van der Waals surface area (Å²) in [6.45, 7) is 6.01.